The summed E-state index contributed by atoms with van der Waals surface area (Å²) in [6.07, 6.45) is 6.04. The van der Waals surface area contributed by atoms with Gasteiger partial charge in [-0.05, 0) is 26.7 Å². The molecule has 2 N–H and O–H groups in total. The van der Waals surface area contributed by atoms with Crippen molar-refractivity contribution in [3.8, 4) is 0 Å². The number of likely N-dealkylation sites (tertiary alicyclic amines) is 1. The number of aromatic nitrogens is 5. The first kappa shape index (κ1) is 25.6. The molecule has 3 aromatic rings. The fourth-order valence-electron chi connectivity index (χ4n) is 6.00. The van der Waals surface area contributed by atoms with Gasteiger partial charge in [-0.2, -0.15) is 15.1 Å². The van der Waals surface area contributed by atoms with E-state index < -0.39 is 0 Å². The molecule has 2 atom stereocenters. The van der Waals surface area contributed by atoms with Crippen molar-refractivity contribution in [1.29, 1.82) is 0 Å². The van der Waals surface area contributed by atoms with Crippen molar-refractivity contribution in [2.45, 2.75) is 32.7 Å². The summed E-state index contributed by atoms with van der Waals surface area (Å²) in [5.74, 6) is 3.98. The van der Waals surface area contributed by atoms with Crippen LogP contribution in [-0.2, 0) is 4.74 Å². The second-order valence-corrected chi connectivity index (χ2v) is 11.1. The van der Waals surface area contributed by atoms with Crippen molar-refractivity contribution < 1.29 is 9.53 Å². The van der Waals surface area contributed by atoms with Gasteiger partial charge in [-0.25, -0.2) is 9.78 Å². The third-order valence-electron chi connectivity index (χ3n) is 8.02. The molecule has 12 nitrogen and oxygen atoms in total. The molecule has 3 aliphatic rings. The van der Waals surface area contributed by atoms with Gasteiger partial charge >= 0.3 is 6.03 Å². The molecule has 12 heteroatoms. The number of nitrogens with one attached hydrogen (secondary N) is 2. The number of anilines is 4. The molecule has 3 fully saturated rings. The number of methoxy groups -OCH3 is 1. The van der Waals surface area contributed by atoms with Crippen molar-refractivity contribution in [3.63, 3.8) is 0 Å². The number of nitrogens with zero attached hydrogens (tertiary/aromatic N) is 8. The SMILES string of the molecule is COCCNC(=O)N1C[C@@H]2CN(c3cc(N4CCCC4)nc(Nc4cc5c(cn4)cnn5C(C)C)n3)C[C@@H]2C1. The van der Waals surface area contributed by atoms with E-state index in [9.17, 15) is 4.79 Å². The maximum atomic E-state index is 12.5. The fourth-order valence-corrected chi connectivity index (χ4v) is 6.00. The predicted molar refractivity (Wildman–Crippen MR) is 151 cm³/mol. The highest BCUT2D eigenvalue weighted by atomic mass is 16.5. The van der Waals surface area contributed by atoms with E-state index in [2.05, 4.69) is 50.4 Å². The van der Waals surface area contributed by atoms with Crippen LogP contribution in [0.3, 0.4) is 0 Å². The van der Waals surface area contributed by atoms with Crippen LogP contribution in [0.25, 0.3) is 10.9 Å². The summed E-state index contributed by atoms with van der Waals surface area (Å²) in [6.45, 7) is 10.6. The zero-order valence-electron chi connectivity index (χ0n) is 23.0. The summed E-state index contributed by atoms with van der Waals surface area (Å²) in [4.78, 5) is 33.6. The molecule has 0 aromatic carbocycles. The summed E-state index contributed by atoms with van der Waals surface area (Å²) >= 11 is 0. The Morgan fingerprint density at radius 3 is 2.44 bits per heavy atom. The number of carbonyl (C=O) groups is 1. The number of ether oxygens (including phenoxy) is 1. The zero-order chi connectivity index (χ0) is 26.9. The van der Waals surface area contributed by atoms with Crippen LogP contribution in [0.1, 0.15) is 32.7 Å². The third kappa shape index (κ3) is 5.29. The van der Waals surface area contributed by atoms with Crippen LogP contribution >= 0.6 is 0 Å². The predicted octanol–water partition coefficient (Wildman–Crippen LogP) is 2.87. The quantitative estimate of drug-likeness (QED) is 0.421. The minimum Gasteiger partial charge on any atom is -0.383 e. The van der Waals surface area contributed by atoms with Gasteiger partial charge in [-0.3, -0.25) is 4.68 Å². The first-order valence-electron chi connectivity index (χ1n) is 14.0. The van der Waals surface area contributed by atoms with E-state index in [-0.39, 0.29) is 12.1 Å². The Labute approximate surface area is 228 Å². The van der Waals surface area contributed by atoms with Crippen molar-refractivity contribution in [2.75, 3.05) is 74.6 Å². The average Bonchev–Trinajstić information content (AvgIpc) is 3.72. The molecule has 0 saturated carbocycles. The Morgan fingerprint density at radius 1 is 1.03 bits per heavy atom. The van der Waals surface area contributed by atoms with Gasteiger partial charge in [0.1, 0.15) is 17.5 Å². The molecule has 3 saturated heterocycles. The molecule has 3 aromatic heterocycles. The van der Waals surface area contributed by atoms with Gasteiger partial charge in [-0.1, -0.05) is 0 Å². The Morgan fingerprint density at radius 2 is 1.74 bits per heavy atom. The molecular weight excluding hydrogens is 496 g/mol. The molecule has 0 bridgehead atoms. The Hall–Kier alpha value is -3.67. The lowest BCUT2D eigenvalue weighted by Gasteiger charge is -2.25. The third-order valence-corrected chi connectivity index (χ3v) is 8.02. The lowest BCUT2D eigenvalue weighted by atomic mass is 10.0. The number of hydrogen-bond donors (Lipinski definition) is 2. The molecular formula is C27H38N10O2. The highest BCUT2D eigenvalue weighted by molar-refractivity contribution is 5.81. The number of urea groups is 1. The molecule has 0 radical (unpaired) electrons. The number of fused-ring (bicyclic) bond motifs is 2. The topological polar surface area (TPSA) is 117 Å². The van der Waals surface area contributed by atoms with Crippen LogP contribution in [0, 0.1) is 11.8 Å². The molecule has 0 unspecified atom stereocenters. The monoisotopic (exact) mass is 534 g/mol. The second-order valence-electron chi connectivity index (χ2n) is 11.1. The number of rotatable bonds is 8. The number of hydrogen-bond acceptors (Lipinski definition) is 9. The van der Waals surface area contributed by atoms with Gasteiger partial charge in [-0.15, -0.1) is 0 Å². The second kappa shape index (κ2) is 10.8. The van der Waals surface area contributed by atoms with Crippen molar-refractivity contribution >= 4 is 40.3 Å². The fraction of sp³-hybridized carbons (Fsp3) is 0.593. The van der Waals surface area contributed by atoms with Crippen LogP contribution in [-0.4, -0.2) is 95.2 Å². The van der Waals surface area contributed by atoms with E-state index in [1.807, 2.05) is 28.0 Å². The molecule has 3 aliphatic heterocycles. The lowest BCUT2D eigenvalue weighted by molar-refractivity contribution is 0.183. The first-order valence-corrected chi connectivity index (χ1v) is 14.0. The summed E-state index contributed by atoms with van der Waals surface area (Å²) in [5, 5.41) is 11.8. The average molecular weight is 535 g/mol. The van der Waals surface area contributed by atoms with Gasteiger partial charge in [0.05, 0.1) is 18.3 Å². The van der Waals surface area contributed by atoms with Crippen LogP contribution in [0.15, 0.2) is 24.5 Å². The van der Waals surface area contributed by atoms with E-state index in [1.165, 1.54) is 12.8 Å². The van der Waals surface area contributed by atoms with E-state index in [0.29, 0.717) is 36.8 Å². The molecule has 0 aliphatic carbocycles. The molecule has 0 spiro atoms. The van der Waals surface area contributed by atoms with Crippen molar-refractivity contribution in [1.82, 2.24) is 34.9 Å². The highest BCUT2D eigenvalue weighted by Gasteiger charge is 2.42. The van der Waals surface area contributed by atoms with Gasteiger partial charge < -0.3 is 30.1 Å². The maximum absolute atomic E-state index is 12.5. The lowest BCUT2D eigenvalue weighted by Crippen LogP contribution is -2.41. The van der Waals surface area contributed by atoms with E-state index in [1.54, 1.807) is 7.11 Å². The van der Waals surface area contributed by atoms with Crippen LogP contribution in [0.4, 0.5) is 28.2 Å². The van der Waals surface area contributed by atoms with Crippen LogP contribution in [0.2, 0.25) is 0 Å². The number of carbonyl (C=O) groups excluding carboxylic acids is 1. The van der Waals surface area contributed by atoms with Gasteiger partial charge in [0, 0.05) is 94.5 Å². The van der Waals surface area contributed by atoms with Gasteiger partial charge in [0.25, 0.3) is 0 Å². The minimum atomic E-state index is 0.00104. The summed E-state index contributed by atoms with van der Waals surface area (Å²) in [5.41, 5.74) is 1.03. The highest BCUT2D eigenvalue weighted by Crippen LogP contribution is 2.35. The summed E-state index contributed by atoms with van der Waals surface area (Å²) < 4.78 is 7.05. The largest absolute Gasteiger partial charge is 0.383 e. The standard InChI is InChI=1S/C27H38N10O2/c1-18(2)37-22-10-23(29-12-19(22)13-30-37)31-26-32-24(34-7-4-5-8-34)11-25(33-26)35-14-20-16-36(17-21(20)15-35)27(38)28-6-9-39-3/h10-13,18,20-21H,4-9,14-17H2,1-3H3,(H,28,38)(H,29,31,32,33)/t20-,21+. The molecule has 6 heterocycles. The first-order chi connectivity index (χ1) is 19.0. The summed E-state index contributed by atoms with van der Waals surface area (Å²) in [7, 11) is 1.64. The Bertz CT molecular complexity index is 1310. The minimum absolute atomic E-state index is 0.00104. The Kier molecular flexibility index (Phi) is 7.11. The molecule has 6 rings (SSSR count). The zero-order valence-corrected chi connectivity index (χ0v) is 23.0. The number of pyridine rings is 1. The normalized spacial score (nSPS) is 20.9. The maximum Gasteiger partial charge on any atom is 0.317 e. The van der Waals surface area contributed by atoms with E-state index >= 15 is 0 Å². The molecule has 39 heavy (non-hydrogen) atoms. The summed E-state index contributed by atoms with van der Waals surface area (Å²) in [6, 6.07) is 4.39. The molecule has 2 amide bonds. The van der Waals surface area contributed by atoms with Crippen molar-refractivity contribution in [2.24, 2.45) is 11.8 Å². The molecule has 208 valence electrons. The van der Waals surface area contributed by atoms with Crippen LogP contribution < -0.4 is 20.4 Å². The van der Waals surface area contributed by atoms with Crippen molar-refractivity contribution in [3.05, 3.63) is 24.5 Å². The Balaban J connectivity index is 1.20. The van der Waals surface area contributed by atoms with Crippen LogP contribution in [0.5, 0.6) is 0 Å². The van der Waals surface area contributed by atoms with Gasteiger partial charge in [0.2, 0.25) is 5.95 Å². The van der Waals surface area contributed by atoms with E-state index in [0.717, 1.165) is 61.8 Å². The smallest absolute Gasteiger partial charge is 0.317 e. The number of amides is 2. The van der Waals surface area contributed by atoms with E-state index in [4.69, 9.17) is 14.7 Å². The van der Waals surface area contributed by atoms with Gasteiger partial charge in [0.15, 0.2) is 0 Å².